The first kappa shape index (κ1) is 13.7. The summed E-state index contributed by atoms with van der Waals surface area (Å²) in [5.41, 5.74) is 2.55. The van der Waals surface area contributed by atoms with Gasteiger partial charge in [-0.15, -0.1) is 5.11 Å². The van der Waals surface area contributed by atoms with Crippen molar-refractivity contribution in [2.24, 2.45) is 10.2 Å². The fourth-order valence-corrected chi connectivity index (χ4v) is 1.77. The minimum Gasteiger partial charge on any atom is -0.505 e. The van der Waals surface area contributed by atoms with E-state index in [0.29, 0.717) is 11.4 Å². The number of aromatic hydroxyl groups is 1. The van der Waals surface area contributed by atoms with E-state index in [4.69, 9.17) is 0 Å². The van der Waals surface area contributed by atoms with E-state index in [1.54, 1.807) is 13.0 Å². The number of benzene rings is 2. The van der Waals surface area contributed by atoms with Gasteiger partial charge < -0.3 is 5.11 Å². The standard InChI is InChI=1S/C14H13N3O3/c1-9-7-10(2)14(18)13(8-9)16-15-11-3-5-12(6-4-11)17(19)20/h3-8,18H,1-2H3. The van der Waals surface area contributed by atoms with E-state index in [0.717, 1.165) is 11.1 Å². The molecule has 0 heterocycles. The number of hydrogen-bond donors (Lipinski definition) is 1. The second-order valence-electron chi connectivity index (χ2n) is 4.42. The predicted molar refractivity (Wildman–Crippen MR) is 74.9 cm³/mol. The van der Waals surface area contributed by atoms with E-state index in [-0.39, 0.29) is 11.4 Å². The summed E-state index contributed by atoms with van der Waals surface area (Å²) < 4.78 is 0. The molecule has 0 aliphatic rings. The third kappa shape index (κ3) is 2.97. The maximum Gasteiger partial charge on any atom is 0.269 e. The lowest BCUT2D eigenvalue weighted by atomic mass is 10.1. The van der Waals surface area contributed by atoms with Crippen LogP contribution in [-0.4, -0.2) is 10.0 Å². The van der Waals surface area contributed by atoms with Crippen molar-refractivity contribution in [3.8, 4) is 5.75 Å². The molecule has 0 atom stereocenters. The van der Waals surface area contributed by atoms with Gasteiger partial charge in [-0.1, -0.05) is 6.07 Å². The Balaban J connectivity index is 2.27. The number of non-ortho nitro benzene ring substituents is 1. The van der Waals surface area contributed by atoms with E-state index in [2.05, 4.69) is 10.2 Å². The summed E-state index contributed by atoms with van der Waals surface area (Å²) in [5.74, 6) is 0.0845. The smallest absolute Gasteiger partial charge is 0.269 e. The average Bonchev–Trinajstić information content (AvgIpc) is 2.41. The molecule has 0 amide bonds. The molecule has 0 spiro atoms. The maximum atomic E-state index is 10.5. The van der Waals surface area contributed by atoms with Crippen LogP contribution in [0.15, 0.2) is 46.6 Å². The molecule has 0 unspecified atom stereocenters. The molecule has 0 saturated heterocycles. The van der Waals surface area contributed by atoms with E-state index < -0.39 is 4.92 Å². The van der Waals surface area contributed by atoms with Crippen LogP contribution in [0.25, 0.3) is 0 Å². The van der Waals surface area contributed by atoms with Gasteiger partial charge in [0, 0.05) is 12.1 Å². The lowest BCUT2D eigenvalue weighted by molar-refractivity contribution is -0.384. The van der Waals surface area contributed by atoms with Gasteiger partial charge in [-0.05, 0) is 43.2 Å². The van der Waals surface area contributed by atoms with Crippen LogP contribution >= 0.6 is 0 Å². The Morgan fingerprint density at radius 2 is 1.75 bits per heavy atom. The molecule has 6 heteroatoms. The number of aryl methyl sites for hydroxylation is 2. The van der Waals surface area contributed by atoms with Crippen LogP contribution in [0.5, 0.6) is 5.75 Å². The van der Waals surface area contributed by atoms with Gasteiger partial charge in [0.05, 0.1) is 10.6 Å². The third-order valence-corrected chi connectivity index (χ3v) is 2.76. The van der Waals surface area contributed by atoms with Gasteiger partial charge in [0.1, 0.15) is 11.4 Å². The van der Waals surface area contributed by atoms with E-state index in [1.165, 1.54) is 24.3 Å². The predicted octanol–water partition coefficient (Wildman–Crippen LogP) is 4.33. The zero-order chi connectivity index (χ0) is 14.7. The molecule has 0 fully saturated rings. The molecule has 0 saturated carbocycles. The fourth-order valence-electron chi connectivity index (χ4n) is 1.77. The van der Waals surface area contributed by atoms with Crippen molar-refractivity contribution in [2.45, 2.75) is 13.8 Å². The normalized spacial score (nSPS) is 10.9. The quantitative estimate of drug-likeness (QED) is 0.511. The van der Waals surface area contributed by atoms with Crippen LogP contribution in [0.2, 0.25) is 0 Å². The molecule has 1 N–H and O–H groups in total. The van der Waals surface area contributed by atoms with Crippen LogP contribution < -0.4 is 0 Å². The molecule has 0 bridgehead atoms. The number of nitrogens with zero attached hydrogens (tertiary/aromatic N) is 3. The highest BCUT2D eigenvalue weighted by Crippen LogP contribution is 2.32. The number of phenolic OH excluding ortho intramolecular Hbond substituents is 1. The van der Waals surface area contributed by atoms with Gasteiger partial charge in [-0.3, -0.25) is 10.1 Å². The summed E-state index contributed by atoms with van der Waals surface area (Å²) in [6, 6.07) is 9.28. The molecule has 0 aliphatic carbocycles. The molecule has 0 radical (unpaired) electrons. The molecule has 6 nitrogen and oxygen atoms in total. The van der Waals surface area contributed by atoms with Gasteiger partial charge in [0.25, 0.3) is 5.69 Å². The van der Waals surface area contributed by atoms with Crippen LogP contribution in [0.1, 0.15) is 11.1 Å². The SMILES string of the molecule is Cc1cc(C)c(O)c(N=Nc2ccc([N+](=O)[O-])cc2)c1. The van der Waals surface area contributed by atoms with Crippen LogP contribution in [-0.2, 0) is 0 Å². The molecule has 2 aromatic rings. The Hall–Kier alpha value is -2.76. The minimum atomic E-state index is -0.476. The lowest BCUT2D eigenvalue weighted by Gasteiger charge is -2.03. The lowest BCUT2D eigenvalue weighted by Crippen LogP contribution is -1.85. The summed E-state index contributed by atoms with van der Waals surface area (Å²) in [6.07, 6.45) is 0. The second kappa shape index (κ2) is 5.48. The molecule has 20 heavy (non-hydrogen) atoms. The highest BCUT2D eigenvalue weighted by atomic mass is 16.6. The number of rotatable bonds is 3. The highest BCUT2D eigenvalue weighted by Gasteiger charge is 2.06. The molecular weight excluding hydrogens is 258 g/mol. The monoisotopic (exact) mass is 271 g/mol. The van der Waals surface area contributed by atoms with Crippen molar-refractivity contribution in [3.05, 3.63) is 57.6 Å². The zero-order valence-electron chi connectivity index (χ0n) is 11.1. The number of hydrogen-bond acceptors (Lipinski definition) is 5. The van der Waals surface area contributed by atoms with Gasteiger partial charge in [0.2, 0.25) is 0 Å². The van der Waals surface area contributed by atoms with Crippen molar-refractivity contribution < 1.29 is 10.0 Å². The highest BCUT2D eigenvalue weighted by molar-refractivity contribution is 5.57. The topological polar surface area (TPSA) is 88.1 Å². The fraction of sp³-hybridized carbons (Fsp3) is 0.143. The maximum absolute atomic E-state index is 10.5. The van der Waals surface area contributed by atoms with Gasteiger partial charge in [-0.25, -0.2) is 0 Å². The first-order chi connectivity index (χ1) is 9.47. The molecule has 102 valence electrons. The Bertz CT molecular complexity index is 679. The molecular formula is C14H13N3O3. The zero-order valence-corrected chi connectivity index (χ0v) is 11.1. The Morgan fingerprint density at radius 1 is 1.10 bits per heavy atom. The Morgan fingerprint density at radius 3 is 2.35 bits per heavy atom. The van der Waals surface area contributed by atoms with E-state index in [9.17, 15) is 15.2 Å². The van der Waals surface area contributed by atoms with Crippen LogP contribution in [0.3, 0.4) is 0 Å². The van der Waals surface area contributed by atoms with Crippen molar-refractivity contribution in [2.75, 3.05) is 0 Å². The number of nitro benzene ring substituents is 1. The summed E-state index contributed by atoms with van der Waals surface area (Å²) in [4.78, 5) is 10.1. The van der Waals surface area contributed by atoms with Crippen molar-refractivity contribution in [1.82, 2.24) is 0 Å². The number of phenols is 1. The first-order valence-corrected chi connectivity index (χ1v) is 5.94. The Labute approximate surface area is 115 Å². The number of nitro groups is 1. The summed E-state index contributed by atoms with van der Waals surface area (Å²) in [5, 5.41) is 28.3. The summed E-state index contributed by atoms with van der Waals surface area (Å²) in [7, 11) is 0. The Kier molecular flexibility index (Phi) is 3.74. The summed E-state index contributed by atoms with van der Waals surface area (Å²) in [6.45, 7) is 3.69. The molecule has 0 aliphatic heterocycles. The molecule has 2 aromatic carbocycles. The van der Waals surface area contributed by atoms with Gasteiger partial charge >= 0.3 is 0 Å². The largest absolute Gasteiger partial charge is 0.505 e. The van der Waals surface area contributed by atoms with Crippen molar-refractivity contribution in [1.29, 1.82) is 0 Å². The van der Waals surface area contributed by atoms with Crippen LogP contribution in [0, 0.1) is 24.0 Å². The van der Waals surface area contributed by atoms with E-state index >= 15 is 0 Å². The van der Waals surface area contributed by atoms with E-state index in [1.807, 2.05) is 13.0 Å². The summed E-state index contributed by atoms with van der Waals surface area (Å²) >= 11 is 0. The van der Waals surface area contributed by atoms with Crippen LogP contribution in [0.4, 0.5) is 17.1 Å². The van der Waals surface area contributed by atoms with Gasteiger partial charge in [0.15, 0.2) is 0 Å². The van der Waals surface area contributed by atoms with Crippen molar-refractivity contribution in [3.63, 3.8) is 0 Å². The second-order valence-corrected chi connectivity index (χ2v) is 4.42. The van der Waals surface area contributed by atoms with Crippen molar-refractivity contribution >= 4 is 17.1 Å². The van der Waals surface area contributed by atoms with Gasteiger partial charge in [-0.2, -0.15) is 5.11 Å². The average molecular weight is 271 g/mol. The number of azo groups is 1. The first-order valence-electron chi connectivity index (χ1n) is 5.94. The third-order valence-electron chi connectivity index (χ3n) is 2.76. The molecule has 0 aromatic heterocycles. The minimum absolute atomic E-state index is 0.00167. The molecule has 2 rings (SSSR count).